The van der Waals surface area contributed by atoms with Gasteiger partial charge >= 0.3 is 0 Å². The van der Waals surface area contributed by atoms with Crippen molar-refractivity contribution in [3.05, 3.63) is 65.1 Å². The van der Waals surface area contributed by atoms with Crippen molar-refractivity contribution >= 4 is 5.65 Å². The summed E-state index contributed by atoms with van der Waals surface area (Å²) in [6, 6.07) is 12.5. The van der Waals surface area contributed by atoms with Crippen molar-refractivity contribution in [2.45, 2.75) is 20.3 Å². The van der Waals surface area contributed by atoms with E-state index >= 15 is 0 Å². The first-order valence-electron chi connectivity index (χ1n) is 6.09. The first-order chi connectivity index (χ1) is 8.72. The van der Waals surface area contributed by atoms with Crippen LogP contribution in [0.1, 0.15) is 22.5 Å². The van der Waals surface area contributed by atoms with E-state index in [4.69, 9.17) is 0 Å². The number of aromatic nitrogens is 3. The summed E-state index contributed by atoms with van der Waals surface area (Å²) in [6.07, 6.45) is 2.74. The minimum absolute atomic E-state index is 0.785. The van der Waals surface area contributed by atoms with Gasteiger partial charge in [-0.3, -0.25) is 0 Å². The number of hydrogen-bond donors (Lipinski definition) is 0. The molecule has 2 aromatic heterocycles. The summed E-state index contributed by atoms with van der Waals surface area (Å²) in [4.78, 5) is 4.56. The van der Waals surface area contributed by atoms with Gasteiger partial charge < -0.3 is 0 Å². The van der Waals surface area contributed by atoms with Gasteiger partial charge in [-0.1, -0.05) is 24.3 Å². The molecule has 3 aromatic rings. The van der Waals surface area contributed by atoms with Crippen LogP contribution < -0.4 is 0 Å². The second-order valence-corrected chi connectivity index (χ2v) is 4.64. The third-order valence-corrected chi connectivity index (χ3v) is 3.15. The molecule has 2 heterocycles. The quantitative estimate of drug-likeness (QED) is 0.686. The van der Waals surface area contributed by atoms with Crippen LogP contribution in [0, 0.1) is 13.8 Å². The molecular formula is C15H15N3. The SMILES string of the molecule is Cc1ccn2nc(Cc3ccccc3C)nc2c1. The van der Waals surface area contributed by atoms with Crippen molar-refractivity contribution in [1.82, 2.24) is 14.6 Å². The van der Waals surface area contributed by atoms with E-state index in [1.54, 1.807) is 0 Å². The normalized spacial score (nSPS) is 11.0. The molecule has 0 aliphatic heterocycles. The Kier molecular flexibility index (Phi) is 2.59. The predicted octanol–water partition coefficient (Wildman–Crippen LogP) is 2.94. The lowest BCUT2D eigenvalue weighted by molar-refractivity contribution is 0.896. The molecule has 0 saturated heterocycles. The summed E-state index contributed by atoms with van der Waals surface area (Å²) in [5, 5.41) is 4.50. The number of fused-ring (bicyclic) bond motifs is 1. The second kappa shape index (κ2) is 4.26. The van der Waals surface area contributed by atoms with E-state index < -0.39 is 0 Å². The standard InChI is InChI=1S/C15H15N3/c1-11-7-8-18-15(9-11)16-14(17-18)10-13-6-4-3-5-12(13)2/h3-9H,10H2,1-2H3. The molecular weight excluding hydrogens is 222 g/mol. The lowest BCUT2D eigenvalue weighted by atomic mass is 10.1. The molecule has 0 aliphatic carbocycles. The average molecular weight is 237 g/mol. The predicted molar refractivity (Wildman–Crippen MR) is 71.7 cm³/mol. The molecule has 3 nitrogen and oxygen atoms in total. The number of rotatable bonds is 2. The zero-order valence-corrected chi connectivity index (χ0v) is 10.6. The Bertz CT molecular complexity index is 698. The minimum Gasteiger partial charge on any atom is -0.221 e. The molecule has 0 aliphatic rings. The van der Waals surface area contributed by atoms with Gasteiger partial charge in [0.15, 0.2) is 11.5 Å². The molecule has 3 rings (SSSR count). The summed E-state index contributed by atoms with van der Waals surface area (Å²) < 4.78 is 1.83. The fourth-order valence-electron chi connectivity index (χ4n) is 2.08. The first kappa shape index (κ1) is 11.0. The molecule has 0 atom stereocenters. The molecule has 3 heteroatoms. The maximum Gasteiger partial charge on any atom is 0.156 e. The van der Waals surface area contributed by atoms with Crippen LogP contribution in [-0.2, 0) is 6.42 Å². The van der Waals surface area contributed by atoms with E-state index in [0.29, 0.717) is 0 Å². The molecule has 1 aromatic carbocycles. The third kappa shape index (κ3) is 1.99. The number of hydrogen-bond acceptors (Lipinski definition) is 2. The van der Waals surface area contributed by atoms with E-state index in [9.17, 15) is 0 Å². The zero-order valence-electron chi connectivity index (χ0n) is 10.6. The zero-order chi connectivity index (χ0) is 12.5. The van der Waals surface area contributed by atoms with Crippen molar-refractivity contribution in [3.8, 4) is 0 Å². The Labute approximate surface area is 106 Å². The van der Waals surface area contributed by atoms with Gasteiger partial charge in [-0.15, -0.1) is 0 Å². The van der Waals surface area contributed by atoms with Crippen LogP contribution in [0.15, 0.2) is 42.6 Å². The van der Waals surface area contributed by atoms with Crippen LogP contribution in [0.25, 0.3) is 5.65 Å². The summed E-state index contributed by atoms with van der Waals surface area (Å²) in [5.74, 6) is 0.870. The Morgan fingerprint density at radius 2 is 1.94 bits per heavy atom. The monoisotopic (exact) mass is 237 g/mol. The lowest BCUT2D eigenvalue weighted by Gasteiger charge is -2.01. The maximum atomic E-state index is 4.56. The smallest absolute Gasteiger partial charge is 0.156 e. The van der Waals surface area contributed by atoms with Gasteiger partial charge in [0.05, 0.1) is 0 Å². The highest BCUT2D eigenvalue weighted by Crippen LogP contribution is 2.12. The number of pyridine rings is 1. The molecule has 0 unspecified atom stereocenters. The van der Waals surface area contributed by atoms with Crippen molar-refractivity contribution < 1.29 is 0 Å². The average Bonchev–Trinajstić information content (AvgIpc) is 2.73. The highest BCUT2D eigenvalue weighted by molar-refractivity contribution is 5.40. The number of benzene rings is 1. The van der Waals surface area contributed by atoms with Gasteiger partial charge in [0, 0.05) is 12.6 Å². The molecule has 0 bridgehead atoms. The van der Waals surface area contributed by atoms with E-state index in [-0.39, 0.29) is 0 Å². The van der Waals surface area contributed by atoms with E-state index in [0.717, 1.165) is 17.9 Å². The van der Waals surface area contributed by atoms with E-state index in [2.05, 4.69) is 48.2 Å². The molecule has 0 fully saturated rings. The van der Waals surface area contributed by atoms with Crippen molar-refractivity contribution in [1.29, 1.82) is 0 Å². The highest BCUT2D eigenvalue weighted by atomic mass is 15.3. The highest BCUT2D eigenvalue weighted by Gasteiger charge is 2.06. The topological polar surface area (TPSA) is 30.2 Å². The van der Waals surface area contributed by atoms with Gasteiger partial charge in [-0.2, -0.15) is 5.10 Å². The third-order valence-electron chi connectivity index (χ3n) is 3.15. The van der Waals surface area contributed by atoms with Crippen molar-refractivity contribution in [2.75, 3.05) is 0 Å². The Balaban J connectivity index is 1.98. The fourth-order valence-corrected chi connectivity index (χ4v) is 2.08. The Morgan fingerprint density at radius 1 is 1.11 bits per heavy atom. The summed E-state index contributed by atoms with van der Waals surface area (Å²) in [7, 11) is 0. The van der Waals surface area contributed by atoms with Crippen molar-refractivity contribution in [3.63, 3.8) is 0 Å². The van der Waals surface area contributed by atoms with Gasteiger partial charge in [0.2, 0.25) is 0 Å². The molecule has 0 amide bonds. The van der Waals surface area contributed by atoms with E-state index in [1.165, 1.54) is 16.7 Å². The molecule has 0 radical (unpaired) electrons. The summed E-state index contributed by atoms with van der Waals surface area (Å²) >= 11 is 0. The number of aryl methyl sites for hydroxylation is 2. The lowest BCUT2D eigenvalue weighted by Crippen LogP contribution is -1.94. The minimum atomic E-state index is 0.785. The maximum absolute atomic E-state index is 4.56. The molecule has 90 valence electrons. The molecule has 0 spiro atoms. The summed E-state index contributed by atoms with van der Waals surface area (Å²) in [5.41, 5.74) is 4.69. The fraction of sp³-hybridized carbons (Fsp3) is 0.200. The van der Waals surface area contributed by atoms with Crippen molar-refractivity contribution in [2.24, 2.45) is 0 Å². The van der Waals surface area contributed by atoms with Crippen LogP contribution in [-0.4, -0.2) is 14.6 Å². The molecule has 0 N–H and O–H groups in total. The summed E-state index contributed by atoms with van der Waals surface area (Å²) in [6.45, 7) is 4.19. The van der Waals surface area contributed by atoms with Crippen LogP contribution in [0.5, 0.6) is 0 Å². The second-order valence-electron chi connectivity index (χ2n) is 4.64. The number of nitrogens with zero attached hydrogens (tertiary/aromatic N) is 3. The van der Waals surface area contributed by atoms with Gasteiger partial charge in [-0.25, -0.2) is 9.50 Å². The van der Waals surface area contributed by atoms with E-state index in [1.807, 2.05) is 22.8 Å². The first-order valence-corrected chi connectivity index (χ1v) is 6.09. The van der Waals surface area contributed by atoms with Crippen LogP contribution in [0.3, 0.4) is 0 Å². The van der Waals surface area contributed by atoms with Gasteiger partial charge in [0.1, 0.15) is 0 Å². The van der Waals surface area contributed by atoms with Crippen LogP contribution >= 0.6 is 0 Å². The van der Waals surface area contributed by atoms with Gasteiger partial charge in [0.25, 0.3) is 0 Å². The van der Waals surface area contributed by atoms with Gasteiger partial charge in [-0.05, 0) is 42.7 Å². The Morgan fingerprint density at radius 3 is 2.78 bits per heavy atom. The van der Waals surface area contributed by atoms with Crippen LogP contribution in [0.2, 0.25) is 0 Å². The Hall–Kier alpha value is -2.16. The largest absolute Gasteiger partial charge is 0.221 e. The van der Waals surface area contributed by atoms with Crippen LogP contribution in [0.4, 0.5) is 0 Å². The molecule has 0 saturated carbocycles. The molecule has 18 heavy (non-hydrogen) atoms.